The smallest absolute Gasteiger partial charge is 0.254 e. The summed E-state index contributed by atoms with van der Waals surface area (Å²) < 4.78 is 5.54. The van der Waals surface area contributed by atoms with Gasteiger partial charge in [0.25, 0.3) is 5.91 Å². The molecule has 3 amide bonds. The first kappa shape index (κ1) is 19.0. The van der Waals surface area contributed by atoms with Gasteiger partial charge in [-0.1, -0.05) is 18.2 Å². The number of rotatable bonds is 4. The van der Waals surface area contributed by atoms with Crippen molar-refractivity contribution in [1.82, 2.24) is 10.3 Å². The number of amides is 3. The first-order valence-electron chi connectivity index (χ1n) is 9.64. The number of hydrazine groups is 1. The molecule has 1 aromatic carbocycles. The predicted octanol–water partition coefficient (Wildman–Crippen LogP) is 2.82. The molecule has 0 spiro atoms. The van der Waals surface area contributed by atoms with Crippen LogP contribution in [0.15, 0.2) is 53.0 Å². The average Bonchev–Trinajstić information content (AvgIpc) is 3.14. The first-order valence-corrected chi connectivity index (χ1v) is 9.64. The Bertz CT molecular complexity index is 993. The molecule has 1 N–H and O–H groups in total. The number of benzene rings is 1. The van der Waals surface area contributed by atoms with Crippen LogP contribution in [0.2, 0.25) is 0 Å². The van der Waals surface area contributed by atoms with E-state index in [9.17, 15) is 14.4 Å². The fraction of sp³-hybridized carbons (Fsp3) is 0.318. The van der Waals surface area contributed by atoms with Crippen molar-refractivity contribution >= 4 is 23.4 Å². The van der Waals surface area contributed by atoms with Crippen molar-refractivity contribution in [2.75, 3.05) is 12.1 Å². The molecule has 4 rings (SSSR count). The van der Waals surface area contributed by atoms with Crippen LogP contribution in [-0.4, -0.2) is 29.7 Å². The number of carbonyl (C=O) groups excluding carboxylic acids is 3. The molecule has 0 bridgehead atoms. The lowest BCUT2D eigenvalue weighted by Gasteiger charge is -2.38. The van der Waals surface area contributed by atoms with E-state index < -0.39 is 0 Å². The lowest BCUT2D eigenvalue weighted by atomic mass is 9.80. The Morgan fingerprint density at radius 3 is 2.66 bits per heavy atom. The van der Waals surface area contributed by atoms with Gasteiger partial charge in [-0.05, 0) is 50.1 Å². The Kier molecular flexibility index (Phi) is 4.96. The highest BCUT2D eigenvalue weighted by Crippen LogP contribution is 2.32. The maximum absolute atomic E-state index is 12.9. The third-order valence-corrected chi connectivity index (χ3v) is 5.42. The van der Waals surface area contributed by atoms with Gasteiger partial charge in [-0.15, -0.1) is 0 Å². The molecule has 2 aromatic rings. The Morgan fingerprint density at radius 2 is 1.93 bits per heavy atom. The Morgan fingerprint density at radius 1 is 1.17 bits per heavy atom. The molecule has 29 heavy (non-hydrogen) atoms. The molecule has 7 nitrogen and oxygen atoms in total. The number of nitrogens with one attached hydrogen (secondary N) is 1. The van der Waals surface area contributed by atoms with E-state index in [4.69, 9.17) is 4.42 Å². The minimum Gasteiger partial charge on any atom is -0.464 e. The standard InChI is InChI=1S/C22H23N3O4/c1-14-10-11-17(29-14)13-24(2)21(27)15-6-5-7-16(12-15)25-22(28)19-9-4-3-8-18(19)20(26)23-25/h3-7,10-12,18-19H,8-9,13H2,1-2H3,(H,23,26). The highest BCUT2D eigenvalue weighted by molar-refractivity contribution is 6.05. The summed E-state index contributed by atoms with van der Waals surface area (Å²) in [7, 11) is 1.69. The van der Waals surface area contributed by atoms with Crippen molar-refractivity contribution in [3.8, 4) is 0 Å². The van der Waals surface area contributed by atoms with Crippen LogP contribution in [0.25, 0.3) is 0 Å². The Hall–Kier alpha value is -3.35. The second-order valence-electron chi connectivity index (χ2n) is 7.53. The molecular formula is C22H23N3O4. The van der Waals surface area contributed by atoms with Crippen molar-refractivity contribution in [2.45, 2.75) is 26.3 Å². The predicted molar refractivity (Wildman–Crippen MR) is 107 cm³/mol. The number of hydrogen-bond acceptors (Lipinski definition) is 4. The van der Waals surface area contributed by atoms with Gasteiger partial charge in [0.05, 0.1) is 24.1 Å². The van der Waals surface area contributed by atoms with E-state index in [2.05, 4.69) is 5.43 Å². The van der Waals surface area contributed by atoms with Crippen molar-refractivity contribution in [2.24, 2.45) is 11.8 Å². The van der Waals surface area contributed by atoms with E-state index in [1.54, 1.807) is 36.2 Å². The first-order chi connectivity index (χ1) is 13.9. The van der Waals surface area contributed by atoms with Crippen LogP contribution in [0.3, 0.4) is 0 Å². The van der Waals surface area contributed by atoms with E-state index in [0.29, 0.717) is 36.4 Å². The van der Waals surface area contributed by atoms with Crippen LogP contribution < -0.4 is 10.4 Å². The molecule has 7 heteroatoms. The lowest BCUT2D eigenvalue weighted by molar-refractivity contribution is -0.139. The maximum atomic E-state index is 12.9. The zero-order chi connectivity index (χ0) is 20.5. The summed E-state index contributed by atoms with van der Waals surface area (Å²) in [6.45, 7) is 2.19. The van der Waals surface area contributed by atoms with E-state index in [-0.39, 0.29) is 29.6 Å². The number of allylic oxidation sites excluding steroid dienone is 2. The largest absolute Gasteiger partial charge is 0.464 e. The molecule has 0 radical (unpaired) electrons. The van der Waals surface area contributed by atoms with Crippen LogP contribution in [0.1, 0.15) is 34.7 Å². The monoisotopic (exact) mass is 393 g/mol. The number of nitrogens with zero attached hydrogens (tertiary/aromatic N) is 2. The number of carbonyl (C=O) groups is 3. The van der Waals surface area contributed by atoms with Gasteiger partial charge in [0, 0.05) is 12.6 Å². The number of hydrogen-bond donors (Lipinski definition) is 1. The van der Waals surface area contributed by atoms with Gasteiger partial charge in [-0.3, -0.25) is 19.8 Å². The zero-order valence-corrected chi connectivity index (χ0v) is 16.4. The summed E-state index contributed by atoms with van der Waals surface area (Å²) in [5.41, 5.74) is 3.60. The van der Waals surface area contributed by atoms with Crippen molar-refractivity contribution in [3.05, 3.63) is 65.6 Å². The molecule has 1 saturated heterocycles. The second-order valence-corrected chi connectivity index (χ2v) is 7.53. The minimum absolute atomic E-state index is 0.150. The SMILES string of the molecule is Cc1ccc(CN(C)C(=O)c2cccc(N3NC(=O)C4CC=CCC4C3=O)c2)o1. The zero-order valence-electron chi connectivity index (χ0n) is 16.4. The molecule has 1 aliphatic heterocycles. The Labute approximate surface area is 168 Å². The average molecular weight is 393 g/mol. The number of anilines is 1. The molecule has 1 fully saturated rings. The van der Waals surface area contributed by atoms with Gasteiger partial charge in [-0.25, -0.2) is 5.01 Å². The summed E-state index contributed by atoms with van der Waals surface area (Å²) in [5, 5.41) is 1.27. The molecule has 2 aliphatic rings. The topological polar surface area (TPSA) is 82.9 Å². The summed E-state index contributed by atoms with van der Waals surface area (Å²) in [6, 6.07) is 10.4. The highest BCUT2D eigenvalue weighted by Gasteiger charge is 2.42. The summed E-state index contributed by atoms with van der Waals surface area (Å²) >= 11 is 0. The van der Waals surface area contributed by atoms with E-state index in [0.717, 1.165) is 5.76 Å². The third-order valence-electron chi connectivity index (χ3n) is 5.42. The van der Waals surface area contributed by atoms with Gasteiger partial charge in [0.1, 0.15) is 11.5 Å². The van der Waals surface area contributed by atoms with Gasteiger partial charge in [0.2, 0.25) is 11.8 Å². The lowest BCUT2D eigenvalue weighted by Crippen LogP contribution is -2.59. The van der Waals surface area contributed by atoms with Crippen LogP contribution >= 0.6 is 0 Å². The molecular weight excluding hydrogens is 370 g/mol. The van der Waals surface area contributed by atoms with Crippen LogP contribution in [0, 0.1) is 18.8 Å². The van der Waals surface area contributed by atoms with Crippen LogP contribution in [0.4, 0.5) is 5.69 Å². The minimum atomic E-state index is -0.363. The Balaban J connectivity index is 1.53. The highest BCUT2D eigenvalue weighted by atomic mass is 16.3. The molecule has 150 valence electrons. The van der Waals surface area contributed by atoms with Gasteiger partial charge < -0.3 is 9.32 Å². The fourth-order valence-corrected chi connectivity index (χ4v) is 3.86. The van der Waals surface area contributed by atoms with E-state index >= 15 is 0 Å². The normalized spacial score (nSPS) is 21.0. The molecule has 0 saturated carbocycles. The van der Waals surface area contributed by atoms with Crippen molar-refractivity contribution in [1.29, 1.82) is 0 Å². The maximum Gasteiger partial charge on any atom is 0.254 e. The third kappa shape index (κ3) is 3.68. The fourth-order valence-electron chi connectivity index (χ4n) is 3.86. The summed E-state index contributed by atoms with van der Waals surface area (Å²) in [6.07, 6.45) is 5.02. The van der Waals surface area contributed by atoms with Gasteiger partial charge in [0.15, 0.2) is 0 Å². The number of fused-ring (bicyclic) bond motifs is 1. The quantitative estimate of drug-likeness (QED) is 0.810. The van der Waals surface area contributed by atoms with Crippen molar-refractivity contribution in [3.63, 3.8) is 0 Å². The molecule has 1 aromatic heterocycles. The molecule has 1 aliphatic carbocycles. The van der Waals surface area contributed by atoms with Crippen LogP contribution in [-0.2, 0) is 16.1 Å². The van der Waals surface area contributed by atoms with Crippen LogP contribution in [0.5, 0.6) is 0 Å². The molecule has 2 heterocycles. The van der Waals surface area contributed by atoms with Gasteiger partial charge in [-0.2, -0.15) is 0 Å². The second kappa shape index (κ2) is 7.58. The number of aryl methyl sites for hydroxylation is 1. The summed E-state index contributed by atoms with van der Waals surface area (Å²) in [4.78, 5) is 39.8. The van der Waals surface area contributed by atoms with E-state index in [1.807, 2.05) is 31.2 Å². The van der Waals surface area contributed by atoms with E-state index in [1.165, 1.54) is 5.01 Å². The number of furan rings is 1. The van der Waals surface area contributed by atoms with Crippen molar-refractivity contribution < 1.29 is 18.8 Å². The molecule has 2 unspecified atom stereocenters. The summed E-state index contributed by atoms with van der Waals surface area (Å²) in [5.74, 6) is 0.288. The van der Waals surface area contributed by atoms with Gasteiger partial charge >= 0.3 is 0 Å². The molecule has 2 atom stereocenters.